The Hall–Kier alpha value is -2.84. The molecule has 5 heterocycles. The van der Waals surface area contributed by atoms with E-state index in [0.29, 0.717) is 18.4 Å². The average Bonchev–Trinajstić information content (AvgIpc) is 3.26. The number of carbonyl (C=O) groups is 4. The summed E-state index contributed by atoms with van der Waals surface area (Å²) >= 11 is 0. The number of ether oxygens (including phenoxy) is 4. The number of hydrogen-bond acceptors (Lipinski definition) is 9. The van der Waals surface area contributed by atoms with E-state index in [1.807, 2.05) is 0 Å². The molecular formula is C22H22O9. The molecule has 6 aliphatic rings. The van der Waals surface area contributed by atoms with Crippen LogP contribution in [-0.2, 0) is 38.1 Å². The van der Waals surface area contributed by atoms with Crippen LogP contribution < -0.4 is 0 Å². The van der Waals surface area contributed by atoms with Crippen molar-refractivity contribution in [1.29, 1.82) is 0 Å². The van der Waals surface area contributed by atoms with Crippen LogP contribution in [0.5, 0.6) is 0 Å². The Morgan fingerprint density at radius 1 is 1.13 bits per heavy atom. The first-order chi connectivity index (χ1) is 14.8. The topological polar surface area (TPSA) is 118 Å². The number of esters is 4. The minimum absolute atomic E-state index is 0.0763. The van der Waals surface area contributed by atoms with Gasteiger partial charge in [-0.1, -0.05) is 0 Å². The molecule has 9 nitrogen and oxygen atoms in total. The van der Waals surface area contributed by atoms with Crippen molar-refractivity contribution in [3.63, 3.8) is 0 Å². The molecule has 0 radical (unpaired) electrons. The molecule has 1 unspecified atom stereocenters. The fourth-order valence-electron chi connectivity index (χ4n) is 7.19. The van der Waals surface area contributed by atoms with Crippen molar-refractivity contribution in [1.82, 2.24) is 0 Å². The first-order valence-corrected chi connectivity index (χ1v) is 10.6. The number of hydrogen-bond donors (Lipinski definition) is 0. The highest BCUT2D eigenvalue weighted by molar-refractivity contribution is 5.91. The maximum atomic E-state index is 13.5. The van der Waals surface area contributed by atoms with Crippen LogP contribution in [0.3, 0.4) is 0 Å². The van der Waals surface area contributed by atoms with Gasteiger partial charge in [-0.2, -0.15) is 0 Å². The Morgan fingerprint density at radius 2 is 1.97 bits per heavy atom. The van der Waals surface area contributed by atoms with Gasteiger partial charge < -0.3 is 23.4 Å². The normalized spacial score (nSPS) is 45.0. The second-order valence-electron chi connectivity index (χ2n) is 9.48. The van der Waals surface area contributed by atoms with E-state index in [2.05, 4.69) is 0 Å². The van der Waals surface area contributed by atoms with Gasteiger partial charge in [-0.05, 0) is 31.2 Å². The molecule has 0 amide bonds. The second-order valence-corrected chi connectivity index (χ2v) is 9.48. The average molecular weight is 430 g/mol. The largest absolute Gasteiger partial charge is 0.472 e. The van der Waals surface area contributed by atoms with Crippen molar-refractivity contribution in [3.8, 4) is 0 Å². The lowest BCUT2D eigenvalue weighted by molar-refractivity contribution is -0.284. The van der Waals surface area contributed by atoms with Crippen LogP contribution in [0.1, 0.15) is 50.7 Å². The standard InChI is InChI=1S/C22H22O9/c1-11(23)31-22-4-3-21-14-6-13(29-18(21)25)7-16(21)20(22,10-28-17(14)24)8-15(30-19(22)26)12-2-5-27-9-12/h2,5,9,13-16H,3-4,6-8,10H2,1H3/t13-,14+,15?,16-,20+,21+,22+/m0/s1. The van der Waals surface area contributed by atoms with Gasteiger partial charge in [0.15, 0.2) is 0 Å². The molecule has 0 aromatic carbocycles. The number of cyclic esters (lactones) is 2. The molecule has 164 valence electrons. The minimum atomic E-state index is -1.62. The van der Waals surface area contributed by atoms with Gasteiger partial charge in [0, 0.05) is 25.3 Å². The van der Waals surface area contributed by atoms with Gasteiger partial charge in [0.05, 0.1) is 29.3 Å². The van der Waals surface area contributed by atoms with Gasteiger partial charge in [-0.15, -0.1) is 0 Å². The number of rotatable bonds is 2. The van der Waals surface area contributed by atoms with Gasteiger partial charge in [0.2, 0.25) is 5.60 Å². The maximum Gasteiger partial charge on any atom is 0.351 e. The van der Waals surface area contributed by atoms with Crippen molar-refractivity contribution in [3.05, 3.63) is 24.2 Å². The van der Waals surface area contributed by atoms with Crippen LogP contribution in [0.15, 0.2) is 23.0 Å². The van der Waals surface area contributed by atoms with Crippen molar-refractivity contribution < 1.29 is 42.5 Å². The summed E-state index contributed by atoms with van der Waals surface area (Å²) in [7, 11) is 0. The highest BCUT2D eigenvalue weighted by Crippen LogP contribution is 2.71. The SMILES string of the molecule is CC(=O)O[C@@]12CC[C@@]34C(=O)O[C@H]5C[C@@H]3C(=O)OC[C@]1(CC(c1ccoc1)OC2=O)[C@@H]4C5. The van der Waals surface area contributed by atoms with Gasteiger partial charge in [0.1, 0.15) is 18.8 Å². The molecule has 31 heavy (non-hydrogen) atoms. The molecular weight excluding hydrogens is 408 g/mol. The second kappa shape index (κ2) is 5.89. The molecule has 2 spiro atoms. The summed E-state index contributed by atoms with van der Waals surface area (Å²) in [5, 5.41) is 0. The zero-order valence-corrected chi connectivity index (χ0v) is 17.0. The molecule has 9 heteroatoms. The Balaban J connectivity index is 1.58. The highest BCUT2D eigenvalue weighted by Gasteiger charge is 2.80. The lowest BCUT2D eigenvalue weighted by Gasteiger charge is -2.65. The van der Waals surface area contributed by atoms with Crippen molar-refractivity contribution >= 4 is 23.9 Å². The quantitative estimate of drug-likeness (QED) is 0.511. The molecule has 6 fully saturated rings. The van der Waals surface area contributed by atoms with E-state index in [1.54, 1.807) is 6.07 Å². The lowest BCUT2D eigenvalue weighted by atomic mass is 9.40. The molecule has 2 aliphatic carbocycles. The Morgan fingerprint density at radius 3 is 2.71 bits per heavy atom. The molecule has 5 bridgehead atoms. The molecule has 7 atom stereocenters. The smallest absolute Gasteiger partial charge is 0.351 e. The Kier molecular flexibility index (Phi) is 3.59. The number of carbonyl (C=O) groups excluding carboxylic acids is 4. The van der Waals surface area contributed by atoms with Crippen molar-refractivity contribution in [2.75, 3.05) is 6.61 Å². The summed E-state index contributed by atoms with van der Waals surface area (Å²) in [6.07, 6.45) is 3.33. The molecule has 0 N–H and O–H groups in total. The third-order valence-corrected chi connectivity index (χ3v) is 8.37. The number of fused-ring (bicyclic) bond motifs is 1. The zero-order valence-electron chi connectivity index (χ0n) is 17.0. The van der Waals surface area contributed by atoms with E-state index in [4.69, 9.17) is 23.4 Å². The third kappa shape index (κ3) is 2.12. The predicted octanol–water partition coefficient (Wildman–Crippen LogP) is 1.84. The highest BCUT2D eigenvalue weighted by atomic mass is 16.6. The third-order valence-electron chi connectivity index (χ3n) is 8.37. The van der Waals surface area contributed by atoms with Crippen molar-refractivity contribution in [2.24, 2.45) is 22.7 Å². The summed E-state index contributed by atoms with van der Waals surface area (Å²) in [6.45, 7) is 1.13. The monoisotopic (exact) mass is 430 g/mol. The summed E-state index contributed by atoms with van der Waals surface area (Å²) in [5.41, 5.74) is -3.14. The van der Waals surface area contributed by atoms with Gasteiger partial charge >= 0.3 is 23.9 Å². The molecule has 4 saturated heterocycles. The fraction of sp³-hybridized carbons (Fsp3) is 0.636. The van der Waals surface area contributed by atoms with Crippen LogP contribution in [-0.4, -0.2) is 42.2 Å². The molecule has 7 rings (SSSR count). The van der Waals surface area contributed by atoms with Gasteiger partial charge in [-0.25, -0.2) is 4.79 Å². The summed E-state index contributed by atoms with van der Waals surface area (Å²) in [6, 6.07) is 1.71. The fourth-order valence-corrected chi connectivity index (χ4v) is 7.19. The zero-order chi connectivity index (χ0) is 21.6. The molecule has 1 aromatic rings. The van der Waals surface area contributed by atoms with E-state index >= 15 is 0 Å². The van der Waals surface area contributed by atoms with Crippen LogP contribution in [0.25, 0.3) is 0 Å². The van der Waals surface area contributed by atoms with E-state index in [1.165, 1.54) is 19.5 Å². The molecule has 4 aliphatic heterocycles. The number of furan rings is 1. The van der Waals surface area contributed by atoms with E-state index in [-0.39, 0.29) is 25.9 Å². The first-order valence-electron chi connectivity index (χ1n) is 10.6. The van der Waals surface area contributed by atoms with Gasteiger partial charge in [0.25, 0.3) is 0 Å². The maximum absolute atomic E-state index is 13.5. The van der Waals surface area contributed by atoms with Crippen molar-refractivity contribution in [2.45, 2.75) is 56.8 Å². The summed E-state index contributed by atoms with van der Waals surface area (Å²) in [4.78, 5) is 52.0. The Bertz CT molecular complexity index is 999. The minimum Gasteiger partial charge on any atom is -0.472 e. The molecule has 1 aromatic heterocycles. The van der Waals surface area contributed by atoms with Crippen LogP contribution >= 0.6 is 0 Å². The Labute approximate surface area is 177 Å². The summed E-state index contributed by atoms with van der Waals surface area (Å²) in [5.74, 6) is -3.16. The first kappa shape index (κ1) is 18.9. The van der Waals surface area contributed by atoms with E-state index < -0.39 is 64.4 Å². The summed E-state index contributed by atoms with van der Waals surface area (Å²) < 4.78 is 28.1. The van der Waals surface area contributed by atoms with Gasteiger partial charge in [-0.3, -0.25) is 14.4 Å². The predicted molar refractivity (Wildman–Crippen MR) is 97.8 cm³/mol. The van der Waals surface area contributed by atoms with E-state index in [0.717, 1.165) is 0 Å². The van der Waals surface area contributed by atoms with Crippen LogP contribution in [0.2, 0.25) is 0 Å². The van der Waals surface area contributed by atoms with Crippen LogP contribution in [0, 0.1) is 22.7 Å². The molecule has 2 saturated carbocycles. The van der Waals surface area contributed by atoms with Crippen LogP contribution in [0.4, 0.5) is 0 Å². The van der Waals surface area contributed by atoms with E-state index in [9.17, 15) is 19.2 Å². The lowest BCUT2D eigenvalue weighted by Crippen LogP contribution is -2.74.